The average molecular weight is 349 g/mol. The standard InChI is InChI=1S/C20H19N3OS/c24-20(18-19(25-14-21-18)15-6-2-1-3-7-15)22-16-8-10-17(11-9-16)23-12-4-5-13-23/h1-3,6-11,14H,4-5,12-13H2,(H,22,24). The molecule has 2 heterocycles. The van der Waals surface area contributed by atoms with Crippen LogP contribution in [0.5, 0.6) is 0 Å². The minimum Gasteiger partial charge on any atom is -0.372 e. The number of benzene rings is 2. The SMILES string of the molecule is O=C(Nc1ccc(N2CCCC2)cc1)c1ncsc1-c1ccccc1. The van der Waals surface area contributed by atoms with E-state index in [0.29, 0.717) is 5.69 Å². The number of amides is 1. The fraction of sp³-hybridized carbons (Fsp3) is 0.200. The van der Waals surface area contributed by atoms with Gasteiger partial charge in [-0.15, -0.1) is 11.3 Å². The van der Waals surface area contributed by atoms with Crippen molar-refractivity contribution >= 4 is 28.6 Å². The van der Waals surface area contributed by atoms with Crippen molar-refractivity contribution in [1.82, 2.24) is 4.98 Å². The fourth-order valence-corrected chi connectivity index (χ4v) is 3.92. The van der Waals surface area contributed by atoms with Crippen LogP contribution in [0.3, 0.4) is 0 Å². The monoisotopic (exact) mass is 349 g/mol. The van der Waals surface area contributed by atoms with Crippen LogP contribution in [0.2, 0.25) is 0 Å². The molecule has 1 aliphatic heterocycles. The number of aromatic nitrogens is 1. The molecule has 0 radical (unpaired) electrons. The molecule has 1 aromatic heterocycles. The van der Waals surface area contributed by atoms with Crippen LogP contribution in [0.1, 0.15) is 23.3 Å². The molecule has 1 amide bonds. The van der Waals surface area contributed by atoms with Crippen LogP contribution in [0.25, 0.3) is 10.4 Å². The van der Waals surface area contributed by atoms with E-state index in [2.05, 4.69) is 27.3 Å². The number of thiazole rings is 1. The Labute approximate surface area is 151 Å². The van der Waals surface area contributed by atoms with Gasteiger partial charge in [0.25, 0.3) is 5.91 Å². The van der Waals surface area contributed by atoms with Crippen LogP contribution in [0.4, 0.5) is 11.4 Å². The molecule has 1 N–H and O–H groups in total. The molecule has 0 saturated carbocycles. The van der Waals surface area contributed by atoms with E-state index in [1.165, 1.54) is 29.9 Å². The van der Waals surface area contributed by atoms with Crippen molar-refractivity contribution in [2.24, 2.45) is 0 Å². The molecule has 126 valence electrons. The summed E-state index contributed by atoms with van der Waals surface area (Å²) in [6, 6.07) is 17.9. The Kier molecular flexibility index (Phi) is 4.48. The number of anilines is 2. The third-order valence-corrected chi connectivity index (χ3v) is 5.29. The van der Waals surface area contributed by atoms with Gasteiger partial charge in [-0.25, -0.2) is 4.98 Å². The number of hydrogen-bond acceptors (Lipinski definition) is 4. The van der Waals surface area contributed by atoms with Gasteiger partial charge in [0.05, 0.1) is 10.4 Å². The molecule has 25 heavy (non-hydrogen) atoms. The molecule has 1 fully saturated rings. The first-order chi connectivity index (χ1) is 12.3. The summed E-state index contributed by atoms with van der Waals surface area (Å²) in [5.74, 6) is -0.172. The molecule has 0 aliphatic carbocycles. The van der Waals surface area contributed by atoms with Crippen LogP contribution >= 0.6 is 11.3 Å². The van der Waals surface area contributed by atoms with Crippen molar-refractivity contribution in [3.8, 4) is 10.4 Å². The molecule has 2 aromatic carbocycles. The molecule has 0 bridgehead atoms. The normalized spacial score (nSPS) is 13.8. The van der Waals surface area contributed by atoms with Gasteiger partial charge in [-0.2, -0.15) is 0 Å². The number of nitrogens with zero attached hydrogens (tertiary/aromatic N) is 2. The predicted octanol–water partition coefficient (Wildman–Crippen LogP) is 4.66. The van der Waals surface area contributed by atoms with Gasteiger partial charge >= 0.3 is 0 Å². The third kappa shape index (κ3) is 3.42. The second-order valence-corrected chi connectivity index (χ2v) is 6.95. The van der Waals surface area contributed by atoms with Crippen LogP contribution in [-0.2, 0) is 0 Å². The lowest BCUT2D eigenvalue weighted by Gasteiger charge is -2.17. The first-order valence-corrected chi connectivity index (χ1v) is 9.34. The zero-order valence-corrected chi connectivity index (χ0v) is 14.6. The van der Waals surface area contributed by atoms with E-state index in [1.54, 1.807) is 5.51 Å². The molecule has 1 aliphatic rings. The van der Waals surface area contributed by atoms with E-state index in [-0.39, 0.29) is 5.91 Å². The number of hydrogen-bond donors (Lipinski definition) is 1. The Morgan fingerprint density at radius 2 is 1.72 bits per heavy atom. The molecule has 0 unspecified atom stereocenters. The molecular formula is C20H19N3OS. The van der Waals surface area contributed by atoms with Crippen molar-refractivity contribution in [2.45, 2.75) is 12.8 Å². The van der Waals surface area contributed by atoms with E-state index in [1.807, 2.05) is 42.5 Å². The quantitative estimate of drug-likeness (QED) is 0.745. The number of carbonyl (C=O) groups excluding carboxylic acids is 1. The van der Waals surface area contributed by atoms with Crippen LogP contribution in [0, 0.1) is 0 Å². The molecule has 4 rings (SSSR count). The number of rotatable bonds is 4. The summed E-state index contributed by atoms with van der Waals surface area (Å²) < 4.78 is 0. The zero-order valence-electron chi connectivity index (χ0n) is 13.8. The molecule has 0 spiro atoms. The summed E-state index contributed by atoms with van der Waals surface area (Å²) in [4.78, 5) is 20.2. The van der Waals surface area contributed by atoms with E-state index in [4.69, 9.17) is 0 Å². The lowest BCUT2D eigenvalue weighted by atomic mass is 10.1. The third-order valence-electron chi connectivity index (χ3n) is 4.41. The van der Waals surface area contributed by atoms with Gasteiger partial charge in [0.1, 0.15) is 5.69 Å². The fourth-order valence-electron chi connectivity index (χ4n) is 3.12. The highest BCUT2D eigenvalue weighted by Gasteiger charge is 2.17. The lowest BCUT2D eigenvalue weighted by Crippen LogP contribution is -2.17. The van der Waals surface area contributed by atoms with Crippen molar-refractivity contribution in [3.63, 3.8) is 0 Å². The summed E-state index contributed by atoms with van der Waals surface area (Å²) in [6.45, 7) is 2.23. The van der Waals surface area contributed by atoms with Gasteiger partial charge < -0.3 is 10.2 Å². The van der Waals surface area contributed by atoms with Crippen LogP contribution < -0.4 is 10.2 Å². The Morgan fingerprint density at radius 3 is 2.44 bits per heavy atom. The first kappa shape index (κ1) is 15.8. The Hall–Kier alpha value is -2.66. The highest BCUT2D eigenvalue weighted by molar-refractivity contribution is 7.13. The van der Waals surface area contributed by atoms with Crippen molar-refractivity contribution in [2.75, 3.05) is 23.3 Å². The minimum atomic E-state index is -0.172. The molecule has 0 atom stereocenters. The van der Waals surface area contributed by atoms with Crippen molar-refractivity contribution in [1.29, 1.82) is 0 Å². The Bertz CT molecular complexity index is 852. The van der Waals surface area contributed by atoms with E-state index < -0.39 is 0 Å². The van der Waals surface area contributed by atoms with Gasteiger partial charge in [0, 0.05) is 24.5 Å². The van der Waals surface area contributed by atoms with Crippen LogP contribution in [-0.4, -0.2) is 24.0 Å². The average Bonchev–Trinajstić information content (AvgIpc) is 3.35. The Balaban J connectivity index is 1.50. The molecule has 4 nitrogen and oxygen atoms in total. The highest BCUT2D eigenvalue weighted by atomic mass is 32.1. The summed E-state index contributed by atoms with van der Waals surface area (Å²) in [5, 5.41) is 2.96. The maximum Gasteiger partial charge on any atom is 0.275 e. The van der Waals surface area contributed by atoms with E-state index in [9.17, 15) is 4.79 Å². The Morgan fingerprint density at radius 1 is 1.00 bits per heavy atom. The maximum atomic E-state index is 12.6. The first-order valence-electron chi connectivity index (χ1n) is 8.46. The minimum absolute atomic E-state index is 0.172. The van der Waals surface area contributed by atoms with Crippen LogP contribution in [0.15, 0.2) is 60.1 Å². The smallest absolute Gasteiger partial charge is 0.275 e. The molecule has 1 saturated heterocycles. The van der Waals surface area contributed by atoms with Gasteiger partial charge in [0.2, 0.25) is 0 Å². The van der Waals surface area contributed by atoms with Gasteiger partial charge in [0.15, 0.2) is 0 Å². The molecule has 3 aromatic rings. The van der Waals surface area contributed by atoms with Crippen molar-refractivity contribution < 1.29 is 4.79 Å². The zero-order chi connectivity index (χ0) is 17.1. The van der Waals surface area contributed by atoms with Gasteiger partial charge in [-0.05, 0) is 42.7 Å². The topological polar surface area (TPSA) is 45.2 Å². The summed E-state index contributed by atoms with van der Waals surface area (Å²) in [7, 11) is 0. The summed E-state index contributed by atoms with van der Waals surface area (Å²) >= 11 is 1.48. The van der Waals surface area contributed by atoms with Gasteiger partial charge in [-0.3, -0.25) is 4.79 Å². The molecule has 5 heteroatoms. The number of nitrogens with one attached hydrogen (secondary N) is 1. The largest absolute Gasteiger partial charge is 0.372 e. The summed E-state index contributed by atoms with van der Waals surface area (Å²) in [6.07, 6.45) is 2.51. The molecular weight excluding hydrogens is 330 g/mol. The van der Waals surface area contributed by atoms with Gasteiger partial charge in [-0.1, -0.05) is 30.3 Å². The van der Waals surface area contributed by atoms with E-state index in [0.717, 1.165) is 29.2 Å². The second-order valence-electron chi connectivity index (χ2n) is 6.09. The van der Waals surface area contributed by atoms with E-state index >= 15 is 0 Å². The lowest BCUT2D eigenvalue weighted by molar-refractivity contribution is 0.102. The highest BCUT2D eigenvalue weighted by Crippen LogP contribution is 2.28. The van der Waals surface area contributed by atoms with Crippen molar-refractivity contribution in [3.05, 3.63) is 65.8 Å². The second kappa shape index (κ2) is 7.07. The summed E-state index contributed by atoms with van der Waals surface area (Å²) in [5.41, 5.74) is 5.21. The maximum absolute atomic E-state index is 12.6. The number of carbonyl (C=O) groups is 1. The predicted molar refractivity (Wildman–Crippen MR) is 103 cm³/mol.